The number of rotatable bonds is 4. The lowest BCUT2D eigenvalue weighted by Crippen LogP contribution is -2.47. The summed E-state index contributed by atoms with van der Waals surface area (Å²) in [5.74, 6) is -0.198. The third kappa shape index (κ3) is 4.01. The summed E-state index contributed by atoms with van der Waals surface area (Å²) in [6, 6.07) is 11.9. The third-order valence-electron chi connectivity index (χ3n) is 4.31. The predicted octanol–water partition coefficient (Wildman–Crippen LogP) is 3.99. The maximum atomic E-state index is 13.9. The fourth-order valence-electron chi connectivity index (χ4n) is 2.99. The number of anilines is 1. The van der Waals surface area contributed by atoms with Crippen LogP contribution in [0.4, 0.5) is 10.1 Å². The highest BCUT2D eigenvalue weighted by atomic mass is 35.5. The molecule has 3 nitrogen and oxygen atoms in total. The van der Waals surface area contributed by atoms with E-state index in [1.54, 1.807) is 30.3 Å². The molecule has 1 aliphatic rings. The maximum absolute atomic E-state index is 13.9. The predicted molar refractivity (Wildman–Crippen MR) is 96.5 cm³/mol. The van der Waals surface area contributed by atoms with Crippen molar-refractivity contribution in [3.05, 3.63) is 63.9 Å². The molecule has 0 amide bonds. The molecule has 0 radical (unpaired) electrons. The second kappa shape index (κ2) is 7.70. The molecule has 128 valence electrons. The number of hydrogen-bond donors (Lipinski definition) is 1. The molecule has 24 heavy (non-hydrogen) atoms. The first kappa shape index (κ1) is 17.5. The molecular weight excluding hydrogens is 350 g/mol. The standard InChI is InChI=1S/C18H19Cl2FN2O/c19-13-5-6-15(20)14(11-13)18(24)12-22-7-9-23(10-8-22)17-4-2-1-3-16(17)21/h1-6,11,18,24H,7-10,12H2. The zero-order valence-electron chi connectivity index (χ0n) is 13.1. The minimum absolute atomic E-state index is 0.198. The van der Waals surface area contributed by atoms with Crippen molar-refractivity contribution < 1.29 is 9.50 Å². The zero-order valence-corrected chi connectivity index (χ0v) is 14.6. The van der Waals surface area contributed by atoms with Crippen molar-refractivity contribution >= 4 is 28.9 Å². The van der Waals surface area contributed by atoms with E-state index in [-0.39, 0.29) is 5.82 Å². The summed E-state index contributed by atoms with van der Waals surface area (Å²) in [6.07, 6.45) is -0.698. The van der Waals surface area contributed by atoms with Crippen molar-refractivity contribution in [1.82, 2.24) is 4.90 Å². The molecule has 0 aliphatic carbocycles. The second-order valence-electron chi connectivity index (χ2n) is 5.92. The molecular formula is C18H19Cl2FN2O. The molecule has 0 aromatic heterocycles. The molecule has 1 unspecified atom stereocenters. The Morgan fingerprint density at radius 1 is 1.04 bits per heavy atom. The fraction of sp³-hybridized carbons (Fsp3) is 0.333. The van der Waals surface area contributed by atoms with Gasteiger partial charge in [-0.25, -0.2) is 4.39 Å². The molecule has 6 heteroatoms. The Kier molecular flexibility index (Phi) is 5.61. The number of aliphatic hydroxyl groups excluding tert-OH is 1. The minimum Gasteiger partial charge on any atom is -0.387 e. The summed E-state index contributed by atoms with van der Waals surface area (Å²) in [7, 11) is 0. The molecule has 0 spiro atoms. The lowest BCUT2D eigenvalue weighted by Gasteiger charge is -2.37. The Bertz CT molecular complexity index is 705. The van der Waals surface area contributed by atoms with Crippen LogP contribution in [0.5, 0.6) is 0 Å². The van der Waals surface area contributed by atoms with E-state index in [4.69, 9.17) is 23.2 Å². The van der Waals surface area contributed by atoms with Gasteiger partial charge in [0, 0.05) is 48.3 Å². The number of piperazine rings is 1. The molecule has 1 heterocycles. The van der Waals surface area contributed by atoms with Crippen molar-refractivity contribution in [3.63, 3.8) is 0 Å². The van der Waals surface area contributed by atoms with Crippen molar-refractivity contribution in [3.8, 4) is 0 Å². The smallest absolute Gasteiger partial charge is 0.146 e. The van der Waals surface area contributed by atoms with Crippen LogP contribution in [-0.2, 0) is 0 Å². The van der Waals surface area contributed by atoms with Crippen molar-refractivity contribution in [1.29, 1.82) is 0 Å². The van der Waals surface area contributed by atoms with Crippen LogP contribution in [0.1, 0.15) is 11.7 Å². The number of para-hydroxylation sites is 1. The first-order valence-corrected chi connectivity index (χ1v) is 8.65. The van der Waals surface area contributed by atoms with E-state index in [2.05, 4.69) is 4.90 Å². The Hall–Kier alpha value is -1.33. The molecule has 0 bridgehead atoms. The average Bonchev–Trinajstić information content (AvgIpc) is 2.58. The van der Waals surface area contributed by atoms with Crippen LogP contribution in [0.2, 0.25) is 10.0 Å². The minimum atomic E-state index is -0.698. The molecule has 1 N–H and O–H groups in total. The highest BCUT2D eigenvalue weighted by molar-refractivity contribution is 6.33. The summed E-state index contributed by atoms with van der Waals surface area (Å²) < 4.78 is 13.9. The molecule has 0 saturated carbocycles. The number of β-amino-alcohol motifs (C(OH)–C–C–N with tert-alkyl or cyclic N) is 1. The molecule has 1 aliphatic heterocycles. The summed E-state index contributed by atoms with van der Waals surface area (Å²) in [6.45, 7) is 3.42. The van der Waals surface area contributed by atoms with E-state index in [1.165, 1.54) is 6.07 Å². The van der Waals surface area contributed by atoms with Gasteiger partial charge < -0.3 is 10.0 Å². The SMILES string of the molecule is OC(CN1CCN(c2ccccc2F)CC1)c1cc(Cl)ccc1Cl. The fourth-order valence-corrected chi connectivity index (χ4v) is 3.42. The number of benzene rings is 2. The van der Waals surface area contributed by atoms with Gasteiger partial charge in [-0.15, -0.1) is 0 Å². The van der Waals surface area contributed by atoms with Gasteiger partial charge in [-0.05, 0) is 30.3 Å². The van der Waals surface area contributed by atoms with Gasteiger partial charge in [0.25, 0.3) is 0 Å². The van der Waals surface area contributed by atoms with Gasteiger partial charge in [-0.1, -0.05) is 35.3 Å². The molecule has 1 fully saturated rings. The van der Waals surface area contributed by atoms with E-state index in [9.17, 15) is 9.50 Å². The third-order valence-corrected chi connectivity index (χ3v) is 4.89. The van der Waals surface area contributed by atoms with Crippen LogP contribution >= 0.6 is 23.2 Å². The summed E-state index contributed by atoms with van der Waals surface area (Å²) in [4.78, 5) is 4.18. The van der Waals surface area contributed by atoms with Gasteiger partial charge >= 0.3 is 0 Å². The van der Waals surface area contributed by atoms with Gasteiger partial charge in [0.05, 0.1) is 11.8 Å². The first-order chi connectivity index (χ1) is 11.5. The lowest BCUT2D eigenvalue weighted by molar-refractivity contribution is 0.109. The second-order valence-corrected chi connectivity index (χ2v) is 6.76. The number of aliphatic hydroxyl groups is 1. The molecule has 2 aromatic carbocycles. The Morgan fingerprint density at radius 3 is 2.46 bits per heavy atom. The van der Waals surface area contributed by atoms with Crippen molar-refractivity contribution in [2.75, 3.05) is 37.6 Å². The van der Waals surface area contributed by atoms with Crippen LogP contribution in [-0.4, -0.2) is 42.7 Å². The van der Waals surface area contributed by atoms with E-state index < -0.39 is 6.10 Å². The van der Waals surface area contributed by atoms with E-state index in [1.807, 2.05) is 11.0 Å². The average molecular weight is 369 g/mol. The van der Waals surface area contributed by atoms with Crippen molar-refractivity contribution in [2.24, 2.45) is 0 Å². The van der Waals surface area contributed by atoms with Crippen molar-refractivity contribution in [2.45, 2.75) is 6.10 Å². The lowest BCUT2D eigenvalue weighted by atomic mass is 10.1. The van der Waals surface area contributed by atoms with Gasteiger partial charge in [0.2, 0.25) is 0 Å². The Morgan fingerprint density at radius 2 is 1.75 bits per heavy atom. The quantitative estimate of drug-likeness (QED) is 0.883. The zero-order chi connectivity index (χ0) is 17.1. The van der Waals surface area contributed by atoms with Crippen LogP contribution < -0.4 is 4.90 Å². The van der Waals surface area contributed by atoms with E-state index >= 15 is 0 Å². The number of nitrogens with zero attached hydrogens (tertiary/aromatic N) is 2. The van der Waals surface area contributed by atoms with Gasteiger partial charge in [0.1, 0.15) is 5.82 Å². The highest BCUT2D eigenvalue weighted by Gasteiger charge is 2.22. The summed E-state index contributed by atoms with van der Waals surface area (Å²) in [5, 5.41) is 11.5. The number of halogens is 3. The van der Waals surface area contributed by atoms with Gasteiger partial charge in [-0.2, -0.15) is 0 Å². The number of hydrogen-bond acceptors (Lipinski definition) is 3. The Balaban J connectivity index is 1.59. The van der Waals surface area contributed by atoms with E-state index in [0.717, 1.165) is 26.2 Å². The molecule has 3 rings (SSSR count). The first-order valence-electron chi connectivity index (χ1n) is 7.89. The molecule has 2 aromatic rings. The topological polar surface area (TPSA) is 26.7 Å². The van der Waals surface area contributed by atoms with Crippen LogP contribution in [0.15, 0.2) is 42.5 Å². The van der Waals surface area contributed by atoms with Gasteiger partial charge in [-0.3, -0.25) is 4.90 Å². The molecule has 1 atom stereocenters. The van der Waals surface area contributed by atoms with Crippen LogP contribution in [0.25, 0.3) is 0 Å². The molecule has 1 saturated heterocycles. The highest BCUT2D eigenvalue weighted by Crippen LogP contribution is 2.27. The van der Waals surface area contributed by atoms with Crippen LogP contribution in [0, 0.1) is 5.82 Å². The maximum Gasteiger partial charge on any atom is 0.146 e. The van der Waals surface area contributed by atoms with E-state index in [0.29, 0.717) is 27.8 Å². The Labute approximate surface area is 151 Å². The summed E-state index contributed by atoms with van der Waals surface area (Å²) in [5.41, 5.74) is 1.27. The van der Waals surface area contributed by atoms with Crippen LogP contribution in [0.3, 0.4) is 0 Å². The normalized spacial score (nSPS) is 17.1. The summed E-state index contributed by atoms with van der Waals surface area (Å²) >= 11 is 12.1. The monoisotopic (exact) mass is 368 g/mol. The largest absolute Gasteiger partial charge is 0.387 e. The van der Waals surface area contributed by atoms with Gasteiger partial charge in [0.15, 0.2) is 0 Å².